The van der Waals surface area contributed by atoms with Gasteiger partial charge in [-0.15, -0.1) is 0 Å². The monoisotopic (exact) mass is 434 g/mol. The van der Waals surface area contributed by atoms with Crippen LogP contribution in [0.5, 0.6) is 23.0 Å². The summed E-state index contributed by atoms with van der Waals surface area (Å²) in [6.45, 7) is 4.66. The number of amides is 2. The van der Waals surface area contributed by atoms with Crippen molar-refractivity contribution in [3.63, 3.8) is 0 Å². The smallest absolute Gasteiger partial charge is 0.283 e. The highest BCUT2D eigenvalue weighted by Gasteiger charge is 2.27. The first kappa shape index (κ1) is 21.6. The summed E-state index contributed by atoms with van der Waals surface area (Å²) in [6.07, 6.45) is -0.0966. The van der Waals surface area contributed by atoms with Crippen LogP contribution in [0.1, 0.15) is 30.6 Å². The maximum absolute atomic E-state index is 12.5. The Labute approximate surface area is 179 Å². The summed E-state index contributed by atoms with van der Waals surface area (Å²) in [5, 5.41) is 0.242. The number of para-hydroxylation sites is 2. The number of ether oxygens (including phenoxy) is 4. The lowest BCUT2D eigenvalue weighted by Crippen LogP contribution is -2.50. The highest BCUT2D eigenvalue weighted by Crippen LogP contribution is 2.37. The largest absolute Gasteiger partial charge is 0.490 e. The molecular weight excluding hydrogens is 412 g/mol. The molecule has 2 amide bonds. The van der Waals surface area contributed by atoms with E-state index in [4.69, 9.17) is 30.5 Å². The van der Waals surface area contributed by atoms with Gasteiger partial charge in [0.2, 0.25) is 6.10 Å². The SMILES string of the molecule is CCCOc1c(Cl)cc(C(=O)NNC(=O)C2COc3ccccc3O2)cc1OCC. The zero-order chi connectivity index (χ0) is 21.5. The Morgan fingerprint density at radius 3 is 2.63 bits per heavy atom. The molecule has 0 radical (unpaired) electrons. The molecule has 0 aliphatic carbocycles. The fourth-order valence-corrected chi connectivity index (χ4v) is 2.99. The van der Waals surface area contributed by atoms with Crippen LogP contribution in [0, 0.1) is 0 Å². The number of carbonyl (C=O) groups excluding carboxylic acids is 2. The summed E-state index contributed by atoms with van der Waals surface area (Å²) >= 11 is 6.27. The van der Waals surface area contributed by atoms with Gasteiger partial charge in [0, 0.05) is 5.56 Å². The number of fused-ring (bicyclic) bond motifs is 1. The summed E-state index contributed by atoms with van der Waals surface area (Å²) in [7, 11) is 0. The minimum atomic E-state index is -0.896. The maximum Gasteiger partial charge on any atom is 0.283 e. The fourth-order valence-electron chi connectivity index (χ4n) is 2.73. The minimum absolute atomic E-state index is 0.0303. The molecule has 8 nitrogen and oxygen atoms in total. The van der Waals surface area contributed by atoms with E-state index < -0.39 is 17.9 Å². The average Bonchev–Trinajstić information content (AvgIpc) is 2.76. The second-order valence-electron chi connectivity index (χ2n) is 6.37. The number of hydrogen-bond donors (Lipinski definition) is 2. The molecule has 3 rings (SSSR count). The Balaban J connectivity index is 1.63. The predicted octanol–water partition coefficient (Wildman–Crippen LogP) is 3.13. The van der Waals surface area contributed by atoms with E-state index in [1.165, 1.54) is 12.1 Å². The van der Waals surface area contributed by atoms with Crippen molar-refractivity contribution < 1.29 is 28.5 Å². The van der Waals surface area contributed by atoms with Crippen molar-refractivity contribution in [2.75, 3.05) is 19.8 Å². The predicted molar refractivity (Wildman–Crippen MR) is 110 cm³/mol. The van der Waals surface area contributed by atoms with Gasteiger partial charge in [0.1, 0.15) is 6.61 Å². The molecule has 0 saturated heterocycles. The van der Waals surface area contributed by atoms with E-state index in [-0.39, 0.29) is 17.2 Å². The van der Waals surface area contributed by atoms with Gasteiger partial charge < -0.3 is 18.9 Å². The Morgan fingerprint density at radius 2 is 1.90 bits per heavy atom. The zero-order valence-corrected chi connectivity index (χ0v) is 17.5. The number of nitrogens with one attached hydrogen (secondary N) is 2. The molecule has 1 heterocycles. The van der Waals surface area contributed by atoms with Crippen molar-refractivity contribution in [2.45, 2.75) is 26.4 Å². The summed E-state index contributed by atoms with van der Waals surface area (Å²) in [5.41, 5.74) is 4.90. The number of halogens is 1. The van der Waals surface area contributed by atoms with Crippen LogP contribution >= 0.6 is 11.6 Å². The van der Waals surface area contributed by atoms with E-state index in [2.05, 4.69) is 10.9 Å². The highest BCUT2D eigenvalue weighted by atomic mass is 35.5. The molecule has 1 atom stereocenters. The van der Waals surface area contributed by atoms with Crippen molar-refractivity contribution in [1.82, 2.24) is 10.9 Å². The topological polar surface area (TPSA) is 95.1 Å². The van der Waals surface area contributed by atoms with Crippen LogP contribution < -0.4 is 29.8 Å². The van der Waals surface area contributed by atoms with Gasteiger partial charge in [-0.25, -0.2) is 0 Å². The minimum Gasteiger partial charge on any atom is -0.490 e. The number of benzene rings is 2. The molecule has 1 unspecified atom stereocenters. The third-order valence-electron chi connectivity index (χ3n) is 4.12. The van der Waals surface area contributed by atoms with Crippen LogP contribution in [0.25, 0.3) is 0 Å². The summed E-state index contributed by atoms with van der Waals surface area (Å²) in [6, 6.07) is 10.00. The molecule has 2 aromatic carbocycles. The van der Waals surface area contributed by atoms with E-state index in [0.29, 0.717) is 36.2 Å². The highest BCUT2D eigenvalue weighted by molar-refractivity contribution is 6.32. The Morgan fingerprint density at radius 1 is 1.13 bits per heavy atom. The average molecular weight is 435 g/mol. The van der Waals surface area contributed by atoms with Gasteiger partial charge in [0.05, 0.1) is 18.2 Å². The van der Waals surface area contributed by atoms with Gasteiger partial charge in [-0.05, 0) is 37.6 Å². The van der Waals surface area contributed by atoms with E-state index in [0.717, 1.165) is 6.42 Å². The van der Waals surface area contributed by atoms with Crippen molar-refractivity contribution in [3.8, 4) is 23.0 Å². The standard InChI is InChI=1S/C21H23ClN2O6/c1-3-9-28-19-14(22)10-13(11-17(19)27-4-2)20(25)23-24-21(26)18-12-29-15-7-5-6-8-16(15)30-18/h5-8,10-11,18H,3-4,9,12H2,1-2H3,(H,23,25)(H,24,26). The van der Waals surface area contributed by atoms with E-state index in [9.17, 15) is 9.59 Å². The summed E-state index contributed by atoms with van der Waals surface area (Å²) in [5.74, 6) is 0.658. The lowest BCUT2D eigenvalue weighted by molar-refractivity contribution is -0.131. The van der Waals surface area contributed by atoms with Gasteiger partial charge in [-0.1, -0.05) is 30.7 Å². The molecule has 0 spiro atoms. The van der Waals surface area contributed by atoms with E-state index in [1.54, 1.807) is 18.2 Å². The van der Waals surface area contributed by atoms with Crippen LogP contribution in [0.15, 0.2) is 36.4 Å². The molecule has 0 aromatic heterocycles. The van der Waals surface area contributed by atoms with Gasteiger partial charge >= 0.3 is 0 Å². The van der Waals surface area contributed by atoms with Crippen molar-refractivity contribution in [3.05, 3.63) is 47.0 Å². The van der Waals surface area contributed by atoms with E-state index in [1.807, 2.05) is 19.9 Å². The van der Waals surface area contributed by atoms with Gasteiger partial charge in [0.25, 0.3) is 11.8 Å². The van der Waals surface area contributed by atoms with Crippen molar-refractivity contribution >= 4 is 23.4 Å². The molecule has 1 aliphatic rings. The first-order chi connectivity index (χ1) is 14.5. The maximum atomic E-state index is 12.5. The first-order valence-electron chi connectivity index (χ1n) is 9.61. The molecule has 160 valence electrons. The van der Waals surface area contributed by atoms with Crippen LogP contribution in [-0.4, -0.2) is 37.7 Å². The fraction of sp³-hybridized carbons (Fsp3) is 0.333. The van der Waals surface area contributed by atoms with Crippen molar-refractivity contribution in [1.29, 1.82) is 0 Å². The number of hydrogen-bond acceptors (Lipinski definition) is 6. The second-order valence-corrected chi connectivity index (χ2v) is 6.78. The van der Waals surface area contributed by atoms with E-state index >= 15 is 0 Å². The lowest BCUT2D eigenvalue weighted by Gasteiger charge is -2.25. The Kier molecular flexibility index (Phi) is 7.24. The first-order valence-corrected chi connectivity index (χ1v) is 9.99. The normalized spacial score (nSPS) is 14.6. The Hall–Kier alpha value is -3.13. The summed E-state index contributed by atoms with van der Waals surface area (Å²) in [4.78, 5) is 24.9. The van der Waals surface area contributed by atoms with Crippen LogP contribution in [0.2, 0.25) is 5.02 Å². The zero-order valence-electron chi connectivity index (χ0n) is 16.7. The number of carbonyl (C=O) groups is 2. The summed E-state index contributed by atoms with van der Waals surface area (Å²) < 4.78 is 22.3. The second kappa shape index (κ2) is 10.1. The van der Waals surface area contributed by atoms with Crippen molar-refractivity contribution in [2.24, 2.45) is 0 Å². The molecule has 0 saturated carbocycles. The number of rotatable bonds is 7. The molecule has 30 heavy (non-hydrogen) atoms. The lowest BCUT2D eigenvalue weighted by atomic mass is 10.2. The van der Waals surface area contributed by atoms with Gasteiger partial charge in [-0.3, -0.25) is 20.4 Å². The molecular formula is C21H23ClN2O6. The number of hydrazine groups is 1. The molecule has 0 bridgehead atoms. The van der Waals surface area contributed by atoms with Crippen LogP contribution in [0.3, 0.4) is 0 Å². The molecule has 2 N–H and O–H groups in total. The molecule has 9 heteroatoms. The third kappa shape index (κ3) is 5.07. The molecule has 0 fully saturated rings. The Bertz CT molecular complexity index is 920. The van der Waals surface area contributed by atoms with Gasteiger partial charge in [0.15, 0.2) is 23.0 Å². The molecule has 2 aromatic rings. The third-order valence-corrected chi connectivity index (χ3v) is 4.40. The van der Waals surface area contributed by atoms with Gasteiger partial charge in [-0.2, -0.15) is 0 Å². The molecule has 1 aliphatic heterocycles. The quantitative estimate of drug-likeness (QED) is 0.650. The van der Waals surface area contributed by atoms with Crippen LogP contribution in [-0.2, 0) is 4.79 Å². The van der Waals surface area contributed by atoms with Crippen LogP contribution in [0.4, 0.5) is 0 Å².